The van der Waals surface area contributed by atoms with Gasteiger partial charge in [-0.2, -0.15) is 15.5 Å². The minimum atomic E-state index is -1.31. The van der Waals surface area contributed by atoms with Crippen LogP contribution < -0.4 is 10.6 Å². The summed E-state index contributed by atoms with van der Waals surface area (Å²) in [6, 6.07) is 10.5. The van der Waals surface area contributed by atoms with E-state index in [4.69, 9.17) is 9.78 Å². The van der Waals surface area contributed by atoms with Gasteiger partial charge in [0, 0.05) is 24.1 Å². The maximum Gasteiger partial charge on any atom is 0.337 e. The van der Waals surface area contributed by atoms with Crippen molar-refractivity contribution in [2.45, 2.75) is 6.92 Å². The van der Waals surface area contributed by atoms with Gasteiger partial charge in [-0.05, 0) is 30.3 Å². The number of hydrogen-bond donors (Lipinski definition) is 3. The molecule has 0 saturated heterocycles. The van der Waals surface area contributed by atoms with Crippen LogP contribution in [0.1, 0.15) is 33.3 Å². The molecule has 0 spiro atoms. The summed E-state index contributed by atoms with van der Waals surface area (Å²) in [6.07, 6.45) is 2.98. The maximum atomic E-state index is 12.9. The van der Waals surface area contributed by atoms with Gasteiger partial charge in [0.15, 0.2) is 11.3 Å². The number of hydrogen-bond acceptors (Lipinski definition) is 8. The van der Waals surface area contributed by atoms with Crippen LogP contribution in [0, 0.1) is 11.3 Å². The molecule has 4 rings (SSSR count). The van der Waals surface area contributed by atoms with Crippen molar-refractivity contribution < 1.29 is 24.0 Å². The summed E-state index contributed by atoms with van der Waals surface area (Å²) in [5.74, 6) is -2.33. The summed E-state index contributed by atoms with van der Waals surface area (Å²) < 4.78 is 5.29. The zero-order valence-electron chi connectivity index (χ0n) is 17.0. The number of fused-ring (bicyclic) bond motifs is 1. The van der Waals surface area contributed by atoms with E-state index in [0.29, 0.717) is 22.2 Å². The van der Waals surface area contributed by atoms with Crippen LogP contribution in [0.3, 0.4) is 0 Å². The number of aromatic carboxylic acids is 1. The molecule has 162 valence electrons. The fraction of sp³-hybridized carbons (Fsp3) is 0.0455. The number of nitrogens with zero attached hydrogens (tertiary/aromatic N) is 4. The van der Waals surface area contributed by atoms with Crippen molar-refractivity contribution in [1.29, 1.82) is 5.26 Å². The number of rotatable bonds is 5. The largest absolute Gasteiger partial charge is 0.478 e. The maximum absolute atomic E-state index is 12.9. The van der Waals surface area contributed by atoms with Crippen molar-refractivity contribution in [3.05, 3.63) is 65.6 Å². The molecule has 0 bridgehead atoms. The molecule has 0 aliphatic rings. The van der Waals surface area contributed by atoms with E-state index in [1.807, 2.05) is 6.07 Å². The van der Waals surface area contributed by atoms with Gasteiger partial charge in [-0.15, -0.1) is 0 Å². The Hall–Kier alpha value is -5.11. The van der Waals surface area contributed by atoms with Gasteiger partial charge in [-0.25, -0.2) is 4.79 Å². The quantitative estimate of drug-likeness (QED) is 0.420. The fourth-order valence-electron chi connectivity index (χ4n) is 3.21. The molecule has 11 heteroatoms. The zero-order valence-corrected chi connectivity index (χ0v) is 17.0. The topological polar surface area (TPSA) is 171 Å². The van der Waals surface area contributed by atoms with Crippen LogP contribution in [0.25, 0.3) is 22.1 Å². The Labute approximate surface area is 185 Å². The van der Waals surface area contributed by atoms with Crippen molar-refractivity contribution in [1.82, 2.24) is 15.4 Å². The summed E-state index contributed by atoms with van der Waals surface area (Å²) in [7, 11) is 0. The van der Waals surface area contributed by atoms with E-state index >= 15 is 0 Å². The van der Waals surface area contributed by atoms with Gasteiger partial charge in [0.1, 0.15) is 0 Å². The van der Waals surface area contributed by atoms with Crippen molar-refractivity contribution in [3.8, 4) is 17.2 Å². The lowest BCUT2D eigenvalue weighted by Gasteiger charge is -2.10. The summed E-state index contributed by atoms with van der Waals surface area (Å²) in [6.45, 7) is 1.36. The number of aromatic nitrogens is 3. The minimum Gasteiger partial charge on any atom is -0.478 e. The normalized spacial score (nSPS) is 10.4. The lowest BCUT2D eigenvalue weighted by molar-refractivity contribution is -0.114. The molecule has 33 heavy (non-hydrogen) atoms. The van der Waals surface area contributed by atoms with Gasteiger partial charge < -0.3 is 20.3 Å². The third-order valence-electron chi connectivity index (χ3n) is 4.66. The molecule has 3 N–H and O–H groups in total. The second kappa shape index (κ2) is 8.56. The van der Waals surface area contributed by atoms with Gasteiger partial charge in [-0.3, -0.25) is 9.59 Å². The SMILES string of the molecule is CC(=O)Nc1cc2onc(C(=O)Nc3ccc(C#N)cc3C(=O)O)c2cc1-c1ccnnc1. The van der Waals surface area contributed by atoms with Gasteiger partial charge >= 0.3 is 5.97 Å². The molecular formula is C22H14N6O5. The number of anilines is 2. The molecule has 0 radical (unpaired) electrons. The number of amides is 2. The van der Waals surface area contributed by atoms with Crippen LogP contribution in [-0.2, 0) is 4.79 Å². The molecule has 2 aromatic heterocycles. The second-order valence-electron chi connectivity index (χ2n) is 6.87. The van der Waals surface area contributed by atoms with Crippen LogP contribution in [0.4, 0.5) is 11.4 Å². The molecular weight excluding hydrogens is 428 g/mol. The van der Waals surface area contributed by atoms with Gasteiger partial charge in [0.05, 0.1) is 46.4 Å². The number of nitriles is 1. The molecule has 4 aromatic rings. The number of carbonyl (C=O) groups is 3. The van der Waals surface area contributed by atoms with E-state index in [0.717, 1.165) is 6.07 Å². The number of carboxylic acid groups (broad SMARTS) is 1. The monoisotopic (exact) mass is 442 g/mol. The molecule has 0 atom stereocenters. The Morgan fingerprint density at radius 3 is 2.55 bits per heavy atom. The Morgan fingerprint density at radius 2 is 1.88 bits per heavy atom. The summed E-state index contributed by atoms with van der Waals surface area (Å²) in [4.78, 5) is 36.2. The Kier molecular flexibility index (Phi) is 5.48. The third kappa shape index (κ3) is 4.21. The molecule has 2 heterocycles. The summed E-state index contributed by atoms with van der Waals surface area (Å²) in [5, 5.41) is 35.4. The number of carbonyl (C=O) groups excluding carboxylic acids is 2. The van der Waals surface area contributed by atoms with Crippen LogP contribution in [0.5, 0.6) is 0 Å². The van der Waals surface area contributed by atoms with Crippen LogP contribution in [0.15, 0.2) is 53.3 Å². The average Bonchev–Trinajstić information content (AvgIpc) is 3.21. The highest BCUT2D eigenvalue weighted by Gasteiger charge is 2.22. The smallest absolute Gasteiger partial charge is 0.337 e. The standard InChI is InChI=1S/C22H14N6O5/c1-11(29)26-18-8-19-16(7-14(18)13-4-5-24-25-10-13)20(28-33-19)21(30)27-17-3-2-12(9-23)6-15(17)22(31)32/h2-8,10H,1H3,(H,26,29)(H,27,30)(H,31,32). The first kappa shape index (κ1) is 21.1. The van der Waals surface area contributed by atoms with Crippen LogP contribution >= 0.6 is 0 Å². The highest BCUT2D eigenvalue weighted by Crippen LogP contribution is 2.34. The molecule has 0 unspecified atom stereocenters. The van der Waals surface area contributed by atoms with E-state index < -0.39 is 11.9 Å². The molecule has 0 aliphatic carbocycles. The van der Waals surface area contributed by atoms with E-state index in [2.05, 4.69) is 26.0 Å². The van der Waals surface area contributed by atoms with E-state index in [1.165, 1.54) is 37.5 Å². The van der Waals surface area contributed by atoms with E-state index in [1.54, 1.807) is 12.1 Å². The lowest BCUT2D eigenvalue weighted by Crippen LogP contribution is -2.15. The fourth-order valence-corrected chi connectivity index (χ4v) is 3.21. The van der Waals surface area contributed by atoms with Crippen molar-refractivity contribution in [3.63, 3.8) is 0 Å². The predicted octanol–water partition coefficient (Wildman–Crippen LogP) is 3.07. The highest BCUT2D eigenvalue weighted by atomic mass is 16.5. The molecule has 11 nitrogen and oxygen atoms in total. The Morgan fingerprint density at radius 1 is 1.06 bits per heavy atom. The van der Waals surface area contributed by atoms with Crippen molar-refractivity contribution in [2.24, 2.45) is 0 Å². The van der Waals surface area contributed by atoms with Gasteiger partial charge in [-0.1, -0.05) is 5.16 Å². The molecule has 2 amide bonds. The molecule has 0 aliphatic heterocycles. The van der Waals surface area contributed by atoms with Gasteiger partial charge in [0.25, 0.3) is 5.91 Å². The van der Waals surface area contributed by atoms with E-state index in [-0.39, 0.29) is 34.0 Å². The second-order valence-corrected chi connectivity index (χ2v) is 6.87. The number of carboxylic acids is 1. The molecule has 2 aromatic carbocycles. The first-order valence-corrected chi connectivity index (χ1v) is 9.44. The van der Waals surface area contributed by atoms with Crippen molar-refractivity contribution >= 4 is 40.1 Å². The summed E-state index contributed by atoms with van der Waals surface area (Å²) >= 11 is 0. The number of benzene rings is 2. The number of nitrogens with one attached hydrogen (secondary N) is 2. The molecule has 0 saturated carbocycles. The minimum absolute atomic E-state index is 0.00364. The lowest BCUT2D eigenvalue weighted by atomic mass is 10.0. The Balaban J connectivity index is 1.78. The van der Waals surface area contributed by atoms with E-state index in [9.17, 15) is 19.5 Å². The molecule has 0 fully saturated rings. The van der Waals surface area contributed by atoms with Gasteiger partial charge in [0.2, 0.25) is 5.91 Å². The first-order valence-electron chi connectivity index (χ1n) is 9.44. The van der Waals surface area contributed by atoms with Crippen molar-refractivity contribution in [2.75, 3.05) is 10.6 Å². The highest BCUT2D eigenvalue weighted by molar-refractivity contribution is 6.14. The third-order valence-corrected chi connectivity index (χ3v) is 4.66. The van der Waals surface area contributed by atoms with Crippen LogP contribution in [-0.4, -0.2) is 38.2 Å². The first-order chi connectivity index (χ1) is 15.9. The van der Waals surface area contributed by atoms with Crippen LogP contribution in [0.2, 0.25) is 0 Å². The Bertz CT molecular complexity index is 1460. The summed E-state index contributed by atoms with van der Waals surface area (Å²) in [5.41, 5.74) is 1.63. The zero-order chi connectivity index (χ0) is 23.5. The average molecular weight is 442 g/mol. The predicted molar refractivity (Wildman–Crippen MR) is 115 cm³/mol.